The van der Waals surface area contributed by atoms with Gasteiger partial charge in [0.25, 0.3) is 0 Å². The molecule has 24 heavy (non-hydrogen) atoms. The van der Waals surface area contributed by atoms with Gasteiger partial charge in [-0.1, -0.05) is 30.3 Å². The van der Waals surface area contributed by atoms with Crippen molar-refractivity contribution in [2.24, 2.45) is 0 Å². The minimum absolute atomic E-state index is 0.174. The molecule has 0 aliphatic heterocycles. The highest BCUT2D eigenvalue weighted by atomic mass is 16.5. The summed E-state index contributed by atoms with van der Waals surface area (Å²) in [6.07, 6.45) is 3.18. The van der Waals surface area contributed by atoms with Crippen molar-refractivity contribution in [1.29, 1.82) is 0 Å². The number of nitrogens with one attached hydrogen (secondary N) is 1. The Bertz CT molecular complexity index is 686. The van der Waals surface area contributed by atoms with Gasteiger partial charge in [0.15, 0.2) is 11.5 Å². The van der Waals surface area contributed by atoms with E-state index >= 15 is 0 Å². The van der Waals surface area contributed by atoms with E-state index in [2.05, 4.69) is 5.32 Å². The number of ether oxygens (including phenoxy) is 3. The molecule has 1 amide bonds. The van der Waals surface area contributed by atoms with Gasteiger partial charge in [-0.15, -0.1) is 0 Å². The third kappa shape index (κ3) is 4.52. The summed E-state index contributed by atoms with van der Waals surface area (Å²) in [5, 5.41) is 2.84. The maximum Gasteiger partial charge on any atom is 0.244 e. The van der Waals surface area contributed by atoms with Crippen molar-refractivity contribution in [2.45, 2.75) is 6.54 Å². The standard InChI is InChI=1S/C19H21NO4/c1-22-16-11-15(12-17(23-2)19(16)24-3)9-10-18(21)20-13-14-7-5-4-6-8-14/h4-12H,13H2,1-3H3,(H,20,21). The average Bonchev–Trinajstić information content (AvgIpc) is 2.64. The zero-order valence-corrected chi connectivity index (χ0v) is 14.0. The van der Waals surface area contributed by atoms with Crippen LogP contribution in [-0.2, 0) is 11.3 Å². The Balaban J connectivity index is 2.06. The molecule has 0 aromatic heterocycles. The Morgan fingerprint density at radius 1 is 1.00 bits per heavy atom. The summed E-state index contributed by atoms with van der Waals surface area (Å²) in [6, 6.07) is 13.3. The van der Waals surface area contributed by atoms with Crippen molar-refractivity contribution >= 4 is 12.0 Å². The van der Waals surface area contributed by atoms with E-state index in [9.17, 15) is 4.79 Å². The highest BCUT2D eigenvalue weighted by molar-refractivity contribution is 5.91. The zero-order chi connectivity index (χ0) is 17.4. The Hall–Kier alpha value is -2.95. The average molecular weight is 327 g/mol. The van der Waals surface area contributed by atoms with E-state index in [0.29, 0.717) is 23.8 Å². The monoisotopic (exact) mass is 327 g/mol. The van der Waals surface area contributed by atoms with Crippen molar-refractivity contribution in [1.82, 2.24) is 5.32 Å². The lowest BCUT2D eigenvalue weighted by Crippen LogP contribution is -2.20. The fourth-order valence-corrected chi connectivity index (χ4v) is 2.21. The summed E-state index contributed by atoms with van der Waals surface area (Å²) in [5.41, 5.74) is 1.83. The molecule has 0 fully saturated rings. The van der Waals surface area contributed by atoms with Crippen LogP contribution < -0.4 is 19.5 Å². The zero-order valence-electron chi connectivity index (χ0n) is 14.0. The number of amides is 1. The number of hydrogen-bond acceptors (Lipinski definition) is 4. The summed E-state index contributed by atoms with van der Waals surface area (Å²) in [6.45, 7) is 0.485. The number of benzene rings is 2. The lowest BCUT2D eigenvalue weighted by molar-refractivity contribution is -0.116. The second kappa shape index (κ2) is 8.62. The third-order valence-corrected chi connectivity index (χ3v) is 3.42. The van der Waals surface area contributed by atoms with Crippen LogP contribution in [0.5, 0.6) is 17.2 Å². The SMILES string of the molecule is COc1cc(C=CC(=O)NCc2ccccc2)cc(OC)c1OC. The molecule has 0 atom stereocenters. The van der Waals surface area contributed by atoms with E-state index in [1.165, 1.54) is 6.08 Å². The second-order valence-electron chi connectivity index (χ2n) is 5.00. The van der Waals surface area contributed by atoms with Crippen molar-refractivity contribution in [3.8, 4) is 17.2 Å². The molecule has 0 bridgehead atoms. The molecule has 2 aromatic rings. The van der Waals surface area contributed by atoms with Crippen LogP contribution in [0.25, 0.3) is 6.08 Å². The number of hydrogen-bond donors (Lipinski definition) is 1. The van der Waals surface area contributed by atoms with Gasteiger partial charge in [0.05, 0.1) is 21.3 Å². The molecule has 0 aliphatic carbocycles. The van der Waals surface area contributed by atoms with Crippen molar-refractivity contribution in [2.75, 3.05) is 21.3 Å². The molecule has 2 aromatic carbocycles. The first-order chi connectivity index (χ1) is 11.7. The summed E-state index contributed by atoms with van der Waals surface area (Å²) in [7, 11) is 4.65. The van der Waals surface area contributed by atoms with Gasteiger partial charge < -0.3 is 19.5 Å². The molecule has 0 aliphatic rings. The van der Waals surface area contributed by atoms with Crippen LogP contribution in [0, 0.1) is 0 Å². The molecule has 0 unspecified atom stereocenters. The van der Waals surface area contributed by atoms with Crippen molar-refractivity contribution in [3.63, 3.8) is 0 Å². The minimum atomic E-state index is -0.174. The summed E-state index contributed by atoms with van der Waals surface area (Å²) >= 11 is 0. The van der Waals surface area contributed by atoms with E-state index in [1.807, 2.05) is 30.3 Å². The van der Waals surface area contributed by atoms with Crippen LogP contribution in [0.1, 0.15) is 11.1 Å². The van der Waals surface area contributed by atoms with Gasteiger partial charge in [-0.05, 0) is 29.3 Å². The molecule has 0 radical (unpaired) electrons. The highest BCUT2D eigenvalue weighted by Crippen LogP contribution is 2.38. The Kier molecular flexibility index (Phi) is 6.25. The van der Waals surface area contributed by atoms with E-state index in [1.54, 1.807) is 39.5 Å². The lowest BCUT2D eigenvalue weighted by atomic mass is 10.1. The van der Waals surface area contributed by atoms with Crippen LogP contribution >= 0.6 is 0 Å². The maximum absolute atomic E-state index is 11.9. The molecule has 2 rings (SSSR count). The molecule has 1 N–H and O–H groups in total. The quantitative estimate of drug-likeness (QED) is 0.794. The number of methoxy groups -OCH3 is 3. The highest BCUT2D eigenvalue weighted by Gasteiger charge is 2.12. The van der Waals surface area contributed by atoms with E-state index in [0.717, 1.165) is 11.1 Å². The van der Waals surface area contributed by atoms with Gasteiger partial charge in [-0.3, -0.25) is 4.79 Å². The molecule has 0 spiro atoms. The number of rotatable bonds is 7. The summed E-state index contributed by atoms with van der Waals surface area (Å²) < 4.78 is 15.9. The normalized spacial score (nSPS) is 10.5. The van der Waals surface area contributed by atoms with Crippen LogP contribution in [0.3, 0.4) is 0 Å². The number of carbonyl (C=O) groups excluding carboxylic acids is 1. The molecule has 5 nitrogen and oxygen atoms in total. The summed E-state index contributed by atoms with van der Waals surface area (Å²) in [4.78, 5) is 11.9. The molecule has 126 valence electrons. The molecule has 5 heteroatoms. The van der Waals surface area contributed by atoms with E-state index in [4.69, 9.17) is 14.2 Å². The topological polar surface area (TPSA) is 56.8 Å². The first kappa shape index (κ1) is 17.4. The van der Waals surface area contributed by atoms with Gasteiger partial charge in [-0.2, -0.15) is 0 Å². The smallest absolute Gasteiger partial charge is 0.244 e. The van der Waals surface area contributed by atoms with Crippen LogP contribution in [0.2, 0.25) is 0 Å². The summed E-state index contributed by atoms with van der Waals surface area (Å²) in [5.74, 6) is 1.43. The van der Waals surface area contributed by atoms with Gasteiger partial charge >= 0.3 is 0 Å². The number of carbonyl (C=O) groups is 1. The van der Waals surface area contributed by atoms with Crippen LogP contribution in [0.4, 0.5) is 0 Å². The molecule has 0 heterocycles. The fraction of sp³-hybridized carbons (Fsp3) is 0.211. The first-order valence-corrected chi connectivity index (χ1v) is 7.47. The van der Waals surface area contributed by atoms with Gasteiger partial charge in [0.2, 0.25) is 11.7 Å². The van der Waals surface area contributed by atoms with Gasteiger partial charge in [-0.25, -0.2) is 0 Å². The van der Waals surface area contributed by atoms with E-state index < -0.39 is 0 Å². The third-order valence-electron chi connectivity index (χ3n) is 3.42. The van der Waals surface area contributed by atoms with Crippen molar-refractivity contribution in [3.05, 3.63) is 59.7 Å². The minimum Gasteiger partial charge on any atom is -0.493 e. The largest absolute Gasteiger partial charge is 0.493 e. The van der Waals surface area contributed by atoms with Crippen molar-refractivity contribution < 1.29 is 19.0 Å². The fourth-order valence-electron chi connectivity index (χ4n) is 2.21. The van der Waals surface area contributed by atoms with Crippen LogP contribution in [0.15, 0.2) is 48.5 Å². The molecular weight excluding hydrogens is 306 g/mol. The maximum atomic E-state index is 11.9. The predicted octanol–water partition coefficient (Wildman–Crippen LogP) is 3.04. The van der Waals surface area contributed by atoms with Gasteiger partial charge in [0.1, 0.15) is 0 Å². The Morgan fingerprint density at radius 3 is 2.17 bits per heavy atom. The van der Waals surface area contributed by atoms with Gasteiger partial charge in [0, 0.05) is 12.6 Å². The Morgan fingerprint density at radius 2 is 1.62 bits per heavy atom. The molecular formula is C19H21NO4. The van der Waals surface area contributed by atoms with E-state index in [-0.39, 0.29) is 5.91 Å². The second-order valence-corrected chi connectivity index (χ2v) is 5.00. The van der Waals surface area contributed by atoms with Crippen LogP contribution in [-0.4, -0.2) is 27.2 Å². The first-order valence-electron chi connectivity index (χ1n) is 7.47. The predicted molar refractivity (Wildman–Crippen MR) is 93.4 cm³/mol. The lowest BCUT2D eigenvalue weighted by Gasteiger charge is -2.12. The molecule has 0 saturated carbocycles. The molecule has 0 saturated heterocycles. The Labute approximate surface area is 141 Å².